The molecule has 108 valence electrons. The van der Waals surface area contributed by atoms with Gasteiger partial charge in [0.05, 0.1) is 6.10 Å². The average Bonchev–Trinajstić information content (AvgIpc) is 2.97. The third-order valence-electron chi connectivity index (χ3n) is 3.60. The van der Waals surface area contributed by atoms with Gasteiger partial charge in [0, 0.05) is 40.8 Å². The van der Waals surface area contributed by atoms with Crippen molar-refractivity contribution in [1.82, 2.24) is 10.3 Å². The van der Waals surface area contributed by atoms with Crippen LogP contribution in [0.25, 0.3) is 10.9 Å². The molecule has 0 aliphatic rings. The van der Waals surface area contributed by atoms with Crippen molar-refractivity contribution in [3.05, 3.63) is 70.9 Å². The van der Waals surface area contributed by atoms with E-state index in [4.69, 9.17) is 11.6 Å². The molecular formula is C17H17ClN2O. The number of halogens is 1. The minimum atomic E-state index is -0.607. The number of rotatable bonds is 5. The van der Waals surface area contributed by atoms with E-state index in [9.17, 15) is 5.11 Å². The number of H-pyrrole nitrogens is 1. The van der Waals surface area contributed by atoms with E-state index in [1.165, 1.54) is 10.9 Å². The van der Waals surface area contributed by atoms with Crippen molar-refractivity contribution in [3.8, 4) is 0 Å². The molecule has 4 heteroatoms. The summed E-state index contributed by atoms with van der Waals surface area (Å²) in [5.41, 5.74) is 3.09. The molecule has 0 amide bonds. The third-order valence-corrected chi connectivity index (χ3v) is 3.95. The topological polar surface area (TPSA) is 48.0 Å². The van der Waals surface area contributed by atoms with Gasteiger partial charge in [0.2, 0.25) is 0 Å². The molecule has 2 aromatic carbocycles. The highest BCUT2D eigenvalue weighted by molar-refractivity contribution is 6.31. The summed E-state index contributed by atoms with van der Waals surface area (Å²) in [7, 11) is 0. The maximum atomic E-state index is 10.2. The van der Waals surface area contributed by atoms with Crippen LogP contribution in [0.4, 0.5) is 0 Å². The van der Waals surface area contributed by atoms with E-state index in [0.717, 1.165) is 11.1 Å². The van der Waals surface area contributed by atoms with Crippen LogP contribution in [0.5, 0.6) is 0 Å². The molecule has 3 rings (SSSR count). The van der Waals surface area contributed by atoms with Crippen LogP contribution in [-0.4, -0.2) is 16.6 Å². The zero-order valence-electron chi connectivity index (χ0n) is 11.5. The van der Waals surface area contributed by atoms with Gasteiger partial charge in [-0.25, -0.2) is 0 Å². The summed E-state index contributed by atoms with van der Waals surface area (Å²) < 4.78 is 0. The third kappa shape index (κ3) is 3.10. The number of aromatic amines is 1. The second-order valence-electron chi connectivity index (χ2n) is 5.02. The van der Waals surface area contributed by atoms with E-state index in [0.29, 0.717) is 18.1 Å². The van der Waals surface area contributed by atoms with Crippen molar-refractivity contribution in [2.24, 2.45) is 0 Å². The molecule has 3 N–H and O–H groups in total. The van der Waals surface area contributed by atoms with Gasteiger partial charge in [0.25, 0.3) is 0 Å². The number of hydrogen-bond donors (Lipinski definition) is 3. The number of aliphatic hydroxyl groups is 1. The van der Waals surface area contributed by atoms with Gasteiger partial charge in [-0.05, 0) is 23.8 Å². The summed E-state index contributed by atoms with van der Waals surface area (Å²) in [6, 6.07) is 15.6. The van der Waals surface area contributed by atoms with Gasteiger partial charge < -0.3 is 15.4 Å². The highest BCUT2D eigenvalue weighted by atomic mass is 35.5. The Morgan fingerprint density at radius 2 is 1.95 bits per heavy atom. The molecule has 1 aromatic heterocycles. The second-order valence-corrected chi connectivity index (χ2v) is 5.43. The van der Waals surface area contributed by atoms with Crippen LogP contribution < -0.4 is 5.32 Å². The fraction of sp³-hybridized carbons (Fsp3) is 0.176. The Morgan fingerprint density at radius 1 is 1.10 bits per heavy atom. The predicted molar refractivity (Wildman–Crippen MR) is 86.4 cm³/mol. The molecule has 0 aliphatic heterocycles. The number of nitrogens with one attached hydrogen (secondary N) is 2. The Labute approximate surface area is 128 Å². The normalized spacial score (nSPS) is 12.7. The van der Waals surface area contributed by atoms with Crippen molar-refractivity contribution in [2.45, 2.75) is 12.6 Å². The molecule has 0 saturated carbocycles. The molecule has 0 aliphatic carbocycles. The predicted octanol–water partition coefficient (Wildman–Crippen LogP) is 3.64. The lowest BCUT2D eigenvalue weighted by Gasteiger charge is -2.14. The lowest BCUT2D eigenvalue weighted by molar-refractivity contribution is 0.174. The molecule has 1 atom stereocenters. The lowest BCUT2D eigenvalue weighted by atomic mass is 10.1. The van der Waals surface area contributed by atoms with E-state index in [1.54, 1.807) is 6.07 Å². The highest BCUT2D eigenvalue weighted by Crippen LogP contribution is 2.22. The van der Waals surface area contributed by atoms with Crippen molar-refractivity contribution in [3.63, 3.8) is 0 Å². The Hall–Kier alpha value is -1.81. The van der Waals surface area contributed by atoms with E-state index in [-0.39, 0.29) is 0 Å². The smallest absolute Gasteiger partial charge is 0.0928 e. The summed E-state index contributed by atoms with van der Waals surface area (Å²) in [6.07, 6.45) is 1.33. The molecule has 0 fully saturated rings. The molecule has 0 radical (unpaired) electrons. The maximum absolute atomic E-state index is 10.2. The first-order valence-electron chi connectivity index (χ1n) is 6.94. The zero-order chi connectivity index (χ0) is 14.7. The Kier molecular flexibility index (Phi) is 4.25. The molecule has 0 spiro atoms. The molecular weight excluding hydrogens is 284 g/mol. The number of benzene rings is 2. The van der Waals surface area contributed by atoms with E-state index < -0.39 is 6.10 Å². The zero-order valence-corrected chi connectivity index (χ0v) is 12.3. The SMILES string of the molecule is OC(CNCc1cccc2[nH]ccc12)c1ccccc1Cl. The Balaban J connectivity index is 1.64. The van der Waals surface area contributed by atoms with Gasteiger partial charge in [0.1, 0.15) is 0 Å². The van der Waals surface area contributed by atoms with Gasteiger partial charge >= 0.3 is 0 Å². The first-order chi connectivity index (χ1) is 10.3. The van der Waals surface area contributed by atoms with Crippen molar-refractivity contribution >= 4 is 22.5 Å². The minimum Gasteiger partial charge on any atom is -0.387 e. The second kappa shape index (κ2) is 6.31. The van der Waals surface area contributed by atoms with Gasteiger partial charge in [0.15, 0.2) is 0 Å². The van der Waals surface area contributed by atoms with Crippen LogP contribution in [0, 0.1) is 0 Å². The van der Waals surface area contributed by atoms with Crippen LogP contribution in [0.2, 0.25) is 5.02 Å². The van der Waals surface area contributed by atoms with Gasteiger partial charge in [-0.15, -0.1) is 0 Å². The van der Waals surface area contributed by atoms with Gasteiger partial charge in [-0.2, -0.15) is 0 Å². The number of fused-ring (bicyclic) bond motifs is 1. The van der Waals surface area contributed by atoms with Crippen LogP contribution in [0.3, 0.4) is 0 Å². The molecule has 3 aromatic rings. The van der Waals surface area contributed by atoms with Crippen LogP contribution in [0.15, 0.2) is 54.7 Å². The van der Waals surface area contributed by atoms with E-state index in [1.807, 2.05) is 30.5 Å². The Bertz CT molecular complexity index is 738. The summed E-state index contributed by atoms with van der Waals surface area (Å²) in [5.74, 6) is 0. The highest BCUT2D eigenvalue weighted by Gasteiger charge is 2.10. The quantitative estimate of drug-likeness (QED) is 0.673. The first-order valence-corrected chi connectivity index (χ1v) is 7.31. The fourth-order valence-corrected chi connectivity index (χ4v) is 2.77. The number of aliphatic hydroxyl groups excluding tert-OH is 1. The van der Waals surface area contributed by atoms with Crippen molar-refractivity contribution in [1.29, 1.82) is 0 Å². The standard InChI is InChI=1S/C17H17ClN2O/c18-15-6-2-1-5-14(15)17(21)11-19-10-12-4-3-7-16-13(12)8-9-20-16/h1-9,17,19-21H,10-11H2. The summed E-state index contributed by atoms with van der Waals surface area (Å²) in [4.78, 5) is 3.20. The summed E-state index contributed by atoms with van der Waals surface area (Å²) in [5, 5.41) is 15.3. The maximum Gasteiger partial charge on any atom is 0.0928 e. The van der Waals surface area contributed by atoms with Gasteiger partial charge in [-0.3, -0.25) is 0 Å². The lowest BCUT2D eigenvalue weighted by Crippen LogP contribution is -2.21. The fourth-order valence-electron chi connectivity index (χ4n) is 2.50. The summed E-state index contributed by atoms with van der Waals surface area (Å²) >= 11 is 6.09. The molecule has 3 nitrogen and oxygen atoms in total. The van der Waals surface area contributed by atoms with Crippen molar-refractivity contribution < 1.29 is 5.11 Å². The van der Waals surface area contributed by atoms with Gasteiger partial charge in [-0.1, -0.05) is 41.9 Å². The largest absolute Gasteiger partial charge is 0.387 e. The summed E-state index contributed by atoms with van der Waals surface area (Å²) in [6.45, 7) is 1.17. The van der Waals surface area contributed by atoms with Crippen LogP contribution in [0.1, 0.15) is 17.2 Å². The van der Waals surface area contributed by atoms with Crippen LogP contribution >= 0.6 is 11.6 Å². The molecule has 1 heterocycles. The first kappa shape index (κ1) is 14.1. The van der Waals surface area contributed by atoms with E-state index in [2.05, 4.69) is 28.5 Å². The monoisotopic (exact) mass is 300 g/mol. The average molecular weight is 301 g/mol. The molecule has 1 unspecified atom stereocenters. The molecule has 21 heavy (non-hydrogen) atoms. The minimum absolute atomic E-state index is 0.463. The Morgan fingerprint density at radius 3 is 2.81 bits per heavy atom. The number of hydrogen-bond acceptors (Lipinski definition) is 2. The molecule has 0 saturated heterocycles. The molecule has 0 bridgehead atoms. The van der Waals surface area contributed by atoms with E-state index >= 15 is 0 Å². The van der Waals surface area contributed by atoms with Crippen LogP contribution in [-0.2, 0) is 6.54 Å². The number of aromatic nitrogens is 1. The van der Waals surface area contributed by atoms with Crippen molar-refractivity contribution in [2.75, 3.05) is 6.54 Å².